The summed E-state index contributed by atoms with van der Waals surface area (Å²) in [6, 6.07) is 0.250. The Labute approximate surface area is 125 Å². The second-order valence-electron chi connectivity index (χ2n) is 6.32. The summed E-state index contributed by atoms with van der Waals surface area (Å²) in [5.74, 6) is 0.705. The summed E-state index contributed by atoms with van der Waals surface area (Å²) >= 11 is 0. The monoisotopic (exact) mass is 313 g/mol. The molecule has 6 nitrogen and oxygen atoms in total. The van der Waals surface area contributed by atoms with Gasteiger partial charge in [-0.1, -0.05) is 19.3 Å². The van der Waals surface area contributed by atoms with Gasteiger partial charge in [0.15, 0.2) is 5.03 Å². The molecule has 1 aliphatic heterocycles. The maximum atomic E-state index is 11.5. The summed E-state index contributed by atoms with van der Waals surface area (Å²) in [6.07, 6.45) is 9.36. The van der Waals surface area contributed by atoms with Crippen LogP contribution in [0.2, 0.25) is 0 Å². The Kier molecular flexibility index (Phi) is 3.83. The maximum Gasteiger partial charge on any atom is 0.257 e. The minimum absolute atomic E-state index is 0.0143. The Morgan fingerprint density at radius 3 is 2.71 bits per heavy atom. The molecule has 0 radical (unpaired) electrons. The molecular formula is C14H23N3O3S. The van der Waals surface area contributed by atoms with Crippen molar-refractivity contribution in [2.24, 2.45) is 5.14 Å². The lowest BCUT2D eigenvalue weighted by Crippen LogP contribution is -2.42. The Morgan fingerprint density at radius 1 is 1.38 bits per heavy atom. The standard InChI is InChI=1S/C14H23N3O3S/c1-11-16-13(21(15,18)19)10-17(11)12-5-8-20-14(9-12)6-3-2-4-7-14/h10,12H,2-9H2,1H3,(H2,15,18,19). The van der Waals surface area contributed by atoms with Crippen molar-refractivity contribution in [1.82, 2.24) is 9.55 Å². The van der Waals surface area contributed by atoms with E-state index in [-0.39, 0.29) is 16.7 Å². The van der Waals surface area contributed by atoms with Crippen molar-refractivity contribution in [3.63, 3.8) is 0 Å². The SMILES string of the molecule is Cc1nc(S(N)(=O)=O)cn1C1CCOC2(CCCCC2)C1. The van der Waals surface area contributed by atoms with Gasteiger partial charge in [0, 0.05) is 18.8 Å². The van der Waals surface area contributed by atoms with E-state index in [9.17, 15) is 8.42 Å². The Bertz CT molecular complexity index is 612. The third kappa shape index (κ3) is 3.00. The Morgan fingerprint density at radius 2 is 2.10 bits per heavy atom. The van der Waals surface area contributed by atoms with Gasteiger partial charge in [-0.25, -0.2) is 18.5 Å². The van der Waals surface area contributed by atoms with Gasteiger partial charge in [-0.3, -0.25) is 0 Å². The molecule has 7 heteroatoms. The molecule has 0 aromatic carbocycles. The van der Waals surface area contributed by atoms with Crippen LogP contribution in [0, 0.1) is 6.92 Å². The predicted octanol–water partition coefficient (Wildman–Crippen LogP) is 1.89. The second-order valence-corrected chi connectivity index (χ2v) is 7.83. The number of ether oxygens (including phenoxy) is 1. The zero-order valence-electron chi connectivity index (χ0n) is 12.4. The van der Waals surface area contributed by atoms with Crippen LogP contribution in [0.5, 0.6) is 0 Å². The number of rotatable bonds is 2. The number of aromatic nitrogens is 2. The van der Waals surface area contributed by atoms with Crippen LogP contribution in [0.25, 0.3) is 0 Å². The van der Waals surface area contributed by atoms with Crippen LogP contribution >= 0.6 is 0 Å². The summed E-state index contributed by atoms with van der Waals surface area (Å²) in [5, 5.41) is 5.14. The minimum Gasteiger partial charge on any atom is -0.375 e. The van der Waals surface area contributed by atoms with Crippen molar-refractivity contribution in [3.8, 4) is 0 Å². The van der Waals surface area contributed by atoms with Crippen molar-refractivity contribution in [2.75, 3.05) is 6.61 Å². The molecule has 1 aromatic heterocycles. The Balaban J connectivity index is 1.85. The zero-order valence-corrected chi connectivity index (χ0v) is 13.2. The maximum absolute atomic E-state index is 11.5. The fourth-order valence-corrected chi connectivity index (χ4v) is 4.27. The van der Waals surface area contributed by atoms with E-state index in [2.05, 4.69) is 4.98 Å². The second kappa shape index (κ2) is 5.37. The van der Waals surface area contributed by atoms with Crippen molar-refractivity contribution < 1.29 is 13.2 Å². The van der Waals surface area contributed by atoms with Gasteiger partial charge < -0.3 is 9.30 Å². The van der Waals surface area contributed by atoms with Crippen LogP contribution in [0.1, 0.15) is 56.8 Å². The van der Waals surface area contributed by atoms with Crippen LogP contribution in [0.3, 0.4) is 0 Å². The molecule has 2 heterocycles. The predicted molar refractivity (Wildman–Crippen MR) is 78.4 cm³/mol. The topological polar surface area (TPSA) is 87.2 Å². The van der Waals surface area contributed by atoms with Gasteiger partial charge in [-0.05, 0) is 32.6 Å². The van der Waals surface area contributed by atoms with Crippen LogP contribution in [-0.4, -0.2) is 30.2 Å². The summed E-state index contributed by atoms with van der Waals surface area (Å²) in [6.45, 7) is 2.56. The largest absolute Gasteiger partial charge is 0.375 e. The highest BCUT2D eigenvalue weighted by atomic mass is 32.2. The zero-order chi connectivity index (χ0) is 15.1. The number of nitrogens with two attached hydrogens (primary N) is 1. The van der Waals surface area contributed by atoms with Gasteiger partial charge in [0.05, 0.1) is 5.60 Å². The molecule has 1 atom stereocenters. The molecule has 3 rings (SSSR count). The van der Waals surface area contributed by atoms with E-state index in [1.807, 2.05) is 11.5 Å². The highest BCUT2D eigenvalue weighted by Crippen LogP contribution is 2.42. The fraction of sp³-hybridized carbons (Fsp3) is 0.786. The lowest BCUT2D eigenvalue weighted by molar-refractivity contribution is -0.114. The molecule has 1 unspecified atom stereocenters. The number of primary sulfonamides is 1. The number of aryl methyl sites for hydroxylation is 1. The van der Waals surface area contributed by atoms with Gasteiger partial charge in [-0.15, -0.1) is 0 Å². The summed E-state index contributed by atoms with van der Waals surface area (Å²) in [5.41, 5.74) is -0.0143. The molecule has 0 amide bonds. The highest BCUT2D eigenvalue weighted by Gasteiger charge is 2.39. The van der Waals surface area contributed by atoms with Crippen LogP contribution < -0.4 is 5.14 Å². The lowest BCUT2D eigenvalue weighted by Gasteiger charge is -2.44. The number of hydrogen-bond donors (Lipinski definition) is 1. The normalized spacial score (nSPS) is 26.1. The smallest absolute Gasteiger partial charge is 0.257 e. The molecule has 2 aliphatic rings. The highest BCUT2D eigenvalue weighted by molar-refractivity contribution is 7.89. The minimum atomic E-state index is -3.74. The molecule has 21 heavy (non-hydrogen) atoms. The van der Waals surface area contributed by atoms with E-state index in [1.165, 1.54) is 19.3 Å². The van der Waals surface area contributed by atoms with Gasteiger partial charge in [-0.2, -0.15) is 0 Å². The third-order valence-electron chi connectivity index (χ3n) is 4.81. The van der Waals surface area contributed by atoms with E-state index >= 15 is 0 Å². The van der Waals surface area contributed by atoms with E-state index in [0.717, 1.165) is 32.3 Å². The average Bonchev–Trinajstić information content (AvgIpc) is 2.82. The molecule has 2 fully saturated rings. The average molecular weight is 313 g/mol. The van der Waals surface area contributed by atoms with E-state index in [4.69, 9.17) is 9.88 Å². The molecular weight excluding hydrogens is 290 g/mol. The number of sulfonamides is 1. The van der Waals surface area contributed by atoms with Crippen molar-refractivity contribution in [1.29, 1.82) is 0 Å². The quantitative estimate of drug-likeness (QED) is 0.903. The number of imidazole rings is 1. The lowest BCUT2D eigenvalue weighted by atomic mass is 9.78. The molecule has 1 aliphatic carbocycles. The van der Waals surface area contributed by atoms with Crippen molar-refractivity contribution in [2.45, 2.75) is 68.5 Å². The van der Waals surface area contributed by atoms with E-state index in [1.54, 1.807) is 6.20 Å². The van der Waals surface area contributed by atoms with Gasteiger partial charge in [0.1, 0.15) is 5.82 Å². The first kappa shape index (κ1) is 15.0. The summed E-state index contributed by atoms with van der Waals surface area (Å²) in [7, 11) is -3.74. The Hall–Kier alpha value is -0.920. The van der Waals surface area contributed by atoms with Crippen molar-refractivity contribution in [3.05, 3.63) is 12.0 Å². The van der Waals surface area contributed by atoms with E-state index < -0.39 is 10.0 Å². The molecule has 1 aromatic rings. The van der Waals surface area contributed by atoms with Crippen molar-refractivity contribution >= 4 is 10.0 Å². The van der Waals surface area contributed by atoms with Gasteiger partial charge in [0.25, 0.3) is 10.0 Å². The van der Waals surface area contributed by atoms with Gasteiger partial charge in [0.2, 0.25) is 0 Å². The number of hydrogen-bond acceptors (Lipinski definition) is 4. The van der Waals surface area contributed by atoms with Crippen LogP contribution in [0.15, 0.2) is 11.2 Å². The third-order valence-corrected chi connectivity index (χ3v) is 5.59. The first-order valence-corrected chi connectivity index (χ1v) is 9.17. The van der Waals surface area contributed by atoms with Crippen LogP contribution in [0.4, 0.5) is 0 Å². The number of nitrogens with zero attached hydrogens (tertiary/aromatic N) is 2. The molecule has 118 valence electrons. The fourth-order valence-electron chi connectivity index (χ4n) is 3.75. The first-order chi connectivity index (χ1) is 9.90. The first-order valence-electron chi connectivity index (χ1n) is 7.62. The molecule has 1 spiro atoms. The van der Waals surface area contributed by atoms with Crippen LogP contribution in [-0.2, 0) is 14.8 Å². The molecule has 0 bridgehead atoms. The summed E-state index contributed by atoms with van der Waals surface area (Å²) in [4.78, 5) is 4.10. The molecule has 2 N–H and O–H groups in total. The summed E-state index contributed by atoms with van der Waals surface area (Å²) < 4.78 is 31.0. The molecule has 1 saturated carbocycles. The molecule has 1 saturated heterocycles. The van der Waals surface area contributed by atoms with E-state index in [0.29, 0.717) is 5.82 Å². The van der Waals surface area contributed by atoms with Gasteiger partial charge >= 0.3 is 0 Å².